The number of carbonyl (C=O) groups is 2. The number of likely N-dealkylation sites (tertiary alicyclic amines) is 1. The summed E-state index contributed by atoms with van der Waals surface area (Å²) in [6.45, 7) is 5.83. The molecular weight excluding hydrogens is 346 g/mol. The Morgan fingerprint density at radius 3 is 2.73 bits per heavy atom. The first kappa shape index (κ1) is 18.6. The lowest BCUT2D eigenvalue weighted by Crippen LogP contribution is -2.26. The molecule has 0 atom stereocenters. The average molecular weight is 372 g/mol. The molecule has 1 fully saturated rings. The second-order valence-corrected chi connectivity index (χ2v) is 7.81. The summed E-state index contributed by atoms with van der Waals surface area (Å²) >= 11 is 1.43. The number of aromatic nitrogens is 1. The van der Waals surface area contributed by atoms with Crippen LogP contribution in [0.25, 0.3) is 11.3 Å². The van der Waals surface area contributed by atoms with E-state index < -0.39 is 0 Å². The SMILES string of the molecule is CC(C)c1ccc(-c2csc(NC(=O)CCCN3CCCC3=O)n2)cc1. The van der Waals surface area contributed by atoms with E-state index in [9.17, 15) is 9.59 Å². The summed E-state index contributed by atoms with van der Waals surface area (Å²) in [4.78, 5) is 30.0. The van der Waals surface area contributed by atoms with Crippen LogP contribution in [0, 0.1) is 0 Å². The van der Waals surface area contributed by atoms with Crippen molar-refractivity contribution in [1.82, 2.24) is 9.88 Å². The van der Waals surface area contributed by atoms with E-state index in [4.69, 9.17) is 0 Å². The highest BCUT2D eigenvalue weighted by Gasteiger charge is 2.19. The molecular formula is C20H25N3O2S. The second kappa shape index (κ2) is 8.45. The van der Waals surface area contributed by atoms with Gasteiger partial charge in [-0.15, -0.1) is 11.3 Å². The van der Waals surface area contributed by atoms with Crippen LogP contribution in [0.2, 0.25) is 0 Å². The Labute approximate surface area is 158 Å². The molecule has 2 amide bonds. The lowest BCUT2D eigenvalue weighted by Gasteiger charge is -2.14. The highest BCUT2D eigenvalue weighted by Crippen LogP contribution is 2.26. The van der Waals surface area contributed by atoms with Gasteiger partial charge in [0.2, 0.25) is 11.8 Å². The van der Waals surface area contributed by atoms with Crippen molar-refractivity contribution in [3.05, 3.63) is 35.2 Å². The van der Waals surface area contributed by atoms with Crippen LogP contribution in [-0.4, -0.2) is 34.8 Å². The molecule has 5 nitrogen and oxygen atoms in total. The Morgan fingerprint density at radius 1 is 1.31 bits per heavy atom. The van der Waals surface area contributed by atoms with Crippen molar-refractivity contribution in [2.45, 2.75) is 45.4 Å². The van der Waals surface area contributed by atoms with Crippen molar-refractivity contribution in [2.75, 3.05) is 18.4 Å². The topological polar surface area (TPSA) is 62.3 Å². The Bertz CT molecular complexity index is 768. The Morgan fingerprint density at radius 2 is 2.08 bits per heavy atom. The number of carbonyl (C=O) groups excluding carboxylic acids is 2. The molecule has 0 spiro atoms. The molecule has 1 aliphatic heterocycles. The molecule has 1 aromatic heterocycles. The molecule has 0 radical (unpaired) electrons. The third kappa shape index (κ3) is 4.69. The quantitative estimate of drug-likeness (QED) is 0.790. The van der Waals surface area contributed by atoms with Gasteiger partial charge in [0, 0.05) is 36.9 Å². The molecule has 2 heterocycles. The van der Waals surface area contributed by atoms with Gasteiger partial charge in [0.25, 0.3) is 0 Å². The monoisotopic (exact) mass is 371 g/mol. The summed E-state index contributed by atoms with van der Waals surface area (Å²) in [6.07, 6.45) is 2.67. The third-order valence-electron chi connectivity index (χ3n) is 4.63. The van der Waals surface area contributed by atoms with Gasteiger partial charge in [-0.05, 0) is 24.3 Å². The van der Waals surface area contributed by atoms with Crippen molar-refractivity contribution >= 4 is 28.3 Å². The van der Waals surface area contributed by atoms with Gasteiger partial charge >= 0.3 is 0 Å². The molecule has 0 aliphatic carbocycles. The summed E-state index contributed by atoms with van der Waals surface area (Å²) in [6, 6.07) is 8.39. The van der Waals surface area contributed by atoms with Gasteiger partial charge < -0.3 is 10.2 Å². The number of amides is 2. The van der Waals surface area contributed by atoms with Crippen molar-refractivity contribution in [3.63, 3.8) is 0 Å². The van der Waals surface area contributed by atoms with Gasteiger partial charge in [0.1, 0.15) is 0 Å². The van der Waals surface area contributed by atoms with E-state index in [0.717, 1.165) is 24.2 Å². The maximum atomic E-state index is 12.1. The fourth-order valence-corrected chi connectivity index (χ4v) is 3.79. The summed E-state index contributed by atoms with van der Waals surface area (Å²) in [5.74, 6) is 0.663. The van der Waals surface area contributed by atoms with Crippen LogP contribution in [0.5, 0.6) is 0 Å². The van der Waals surface area contributed by atoms with Crippen LogP contribution >= 0.6 is 11.3 Å². The van der Waals surface area contributed by atoms with Gasteiger partial charge in [0.15, 0.2) is 5.13 Å². The number of nitrogens with one attached hydrogen (secondary N) is 1. The van der Waals surface area contributed by atoms with E-state index in [0.29, 0.717) is 36.9 Å². The second-order valence-electron chi connectivity index (χ2n) is 6.95. The van der Waals surface area contributed by atoms with Crippen molar-refractivity contribution < 1.29 is 9.59 Å². The molecule has 1 aromatic carbocycles. The number of anilines is 1. The predicted molar refractivity (Wildman–Crippen MR) is 105 cm³/mol. The molecule has 1 N–H and O–H groups in total. The van der Waals surface area contributed by atoms with Gasteiger partial charge in [-0.25, -0.2) is 4.98 Å². The summed E-state index contributed by atoms with van der Waals surface area (Å²) in [7, 11) is 0. The molecule has 138 valence electrons. The first-order chi connectivity index (χ1) is 12.5. The fourth-order valence-electron chi connectivity index (χ4n) is 3.06. The number of benzene rings is 1. The Balaban J connectivity index is 1.49. The van der Waals surface area contributed by atoms with E-state index in [1.165, 1.54) is 16.9 Å². The molecule has 1 aliphatic rings. The van der Waals surface area contributed by atoms with Gasteiger partial charge in [-0.2, -0.15) is 0 Å². The lowest BCUT2D eigenvalue weighted by molar-refractivity contribution is -0.128. The molecule has 1 saturated heterocycles. The van der Waals surface area contributed by atoms with Crippen LogP contribution in [0.4, 0.5) is 5.13 Å². The normalized spacial score (nSPS) is 14.3. The molecule has 6 heteroatoms. The van der Waals surface area contributed by atoms with Crippen LogP contribution in [0.3, 0.4) is 0 Å². The maximum Gasteiger partial charge on any atom is 0.226 e. The molecule has 26 heavy (non-hydrogen) atoms. The highest BCUT2D eigenvalue weighted by molar-refractivity contribution is 7.14. The van der Waals surface area contributed by atoms with Crippen molar-refractivity contribution in [2.24, 2.45) is 0 Å². The molecule has 0 bridgehead atoms. The number of hydrogen-bond acceptors (Lipinski definition) is 4. The molecule has 3 rings (SSSR count). The number of thiazole rings is 1. The van der Waals surface area contributed by atoms with Crippen LogP contribution in [-0.2, 0) is 9.59 Å². The van der Waals surface area contributed by atoms with Crippen LogP contribution in [0.15, 0.2) is 29.6 Å². The predicted octanol–water partition coefficient (Wildman–Crippen LogP) is 4.27. The number of nitrogens with zero attached hydrogens (tertiary/aromatic N) is 2. The smallest absolute Gasteiger partial charge is 0.226 e. The lowest BCUT2D eigenvalue weighted by atomic mass is 10.0. The van der Waals surface area contributed by atoms with Gasteiger partial charge in [0.05, 0.1) is 5.69 Å². The van der Waals surface area contributed by atoms with E-state index >= 15 is 0 Å². The summed E-state index contributed by atoms with van der Waals surface area (Å²) in [5, 5.41) is 5.45. The summed E-state index contributed by atoms with van der Waals surface area (Å²) < 4.78 is 0. The summed E-state index contributed by atoms with van der Waals surface area (Å²) in [5.41, 5.74) is 3.23. The minimum atomic E-state index is -0.0484. The minimum Gasteiger partial charge on any atom is -0.343 e. The van der Waals surface area contributed by atoms with Gasteiger partial charge in [-0.3, -0.25) is 9.59 Å². The zero-order valence-corrected chi connectivity index (χ0v) is 16.1. The average Bonchev–Trinajstić information content (AvgIpc) is 3.24. The maximum absolute atomic E-state index is 12.1. The van der Waals surface area contributed by atoms with Crippen molar-refractivity contribution in [1.29, 1.82) is 0 Å². The number of hydrogen-bond donors (Lipinski definition) is 1. The van der Waals surface area contributed by atoms with E-state index in [1.54, 1.807) is 0 Å². The van der Waals surface area contributed by atoms with E-state index in [2.05, 4.69) is 48.4 Å². The number of rotatable bonds is 7. The zero-order chi connectivity index (χ0) is 18.5. The largest absolute Gasteiger partial charge is 0.343 e. The van der Waals surface area contributed by atoms with Crippen LogP contribution in [0.1, 0.15) is 51.0 Å². The Kier molecular flexibility index (Phi) is 6.04. The van der Waals surface area contributed by atoms with E-state index in [-0.39, 0.29) is 11.8 Å². The molecule has 0 saturated carbocycles. The minimum absolute atomic E-state index is 0.0484. The van der Waals surface area contributed by atoms with Crippen LogP contribution < -0.4 is 5.32 Å². The molecule has 0 unspecified atom stereocenters. The fraction of sp³-hybridized carbons (Fsp3) is 0.450. The highest BCUT2D eigenvalue weighted by atomic mass is 32.1. The van der Waals surface area contributed by atoms with Gasteiger partial charge in [-0.1, -0.05) is 38.1 Å². The van der Waals surface area contributed by atoms with E-state index in [1.807, 2.05) is 10.3 Å². The van der Waals surface area contributed by atoms with Crippen molar-refractivity contribution in [3.8, 4) is 11.3 Å². The molecule has 2 aromatic rings. The first-order valence-corrected chi connectivity index (χ1v) is 10.0. The standard InChI is InChI=1S/C20H25N3O2S/c1-14(2)15-7-9-16(10-8-15)17-13-26-20(21-17)22-18(24)5-3-11-23-12-4-6-19(23)25/h7-10,13-14H,3-6,11-12H2,1-2H3,(H,21,22,24). The third-order valence-corrected chi connectivity index (χ3v) is 5.38. The zero-order valence-electron chi connectivity index (χ0n) is 15.3. The Hall–Kier alpha value is -2.21. The first-order valence-electron chi connectivity index (χ1n) is 9.16.